The minimum Gasteiger partial charge on any atom is -0.478 e. The summed E-state index contributed by atoms with van der Waals surface area (Å²) in [7, 11) is 0. The zero-order chi connectivity index (χ0) is 39.0. The Morgan fingerprint density at radius 3 is 2.24 bits per heavy atom. The second-order valence-corrected chi connectivity index (χ2v) is 19.4. The van der Waals surface area contributed by atoms with Gasteiger partial charge >= 0.3 is 5.97 Å². The van der Waals surface area contributed by atoms with E-state index in [9.17, 15) is 23.9 Å². The largest absolute Gasteiger partial charge is 0.478 e. The number of allylic oxidation sites excluding steroid dienone is 1. The van der Waals surface area contributed by atoms with Gasteiger partial charge in [-0.05, 0) is 158 Å². The van der Waals surface area contributed by atoms with Crippen molar-refractivity contribution in [3.05, 3.63) is 82.7 Å². The number of fused-ring (bicyclic) bond motifs is 7. The molecule has 2 aromatic rings. The zero-order valence-corrected chi connectivity index (χ0v) is 33.2. The minimum atomic E-state index is -1.34. The predicted molar refractivity (Wildman–Crippen MR) is 208 cm³/mol. The van der Waals surface area contributed by atoms with Gasteiger partial charge in [0, 0.05) is 18.7 Å². The van der Waals surface area contributed by atoms with Crippen molar-refractivity contribution < 1.29 is 29.0 Å². The SMILES string of the molecule is C=C(C)[C@@H]1CC[C@]2(C(=O)NCc3cccc(C(=O)NCc4ccc(C(=O)O)c(F)c4)c3)CC[C@]3(C)C(CCC4[C@@]5(C)CC[C@H](O)C(C)(C)C5CC[C@]43C)C12. The Labute approximate surface area is 321 Å². The van der Waals surface area contributed by atoms with Crippen molar-refractivity contribution in [3.8, 4) is 0 Å². The van der Waals surface area contributed by atoms with Crippen molar-refractivity contribution in [2.75, 3.05) is 0 Å². The van der Waals surface area contributed by atoms with Crippen LogP contribution < -0.4 is 10.6 Å². The van der Waals surface area contributed by atoms with Crippen molar-refractivity contribution >= 4 is 17.8 Å². The van der Waals surface area contributed by atoms with Gasteiger partial charge in [0.1, 0.15) is 5.82 Å². The molecule has 0 radical (unpaired) electrons. The van der Waals surface area contributed by atoms with Crippen LogP contribution in [0.4, 0.5) is 4.39 Å². The van der Waals surface area contributed by atoms with Crippen LogP contribution in [-0.4, -0.2) is 34.1 Å². The van der Waals surface area contributed by atoms with E-state index in [1.807, 2.05) is 6.07 Å². The monoisotopic (exact) mass is 740 g/mol. The van der Waals surface area contributed by atoms with Crippen LogP contribution in [0.5, 0.6) is 0 Å². The molecule has 0 saturated heterocycles. The van der Waals surface area contributed by atoms with Crippen molar-refractivity contribution in [2.24, 2.45) is 56.7 Å². The van der Waals surface area contributed by atoms with Gasteiger partial charge in [-0.2, -0.15) is 0 Å². The Bertz CT molecular complexity index is 1860. The fourth-order valence-electron chi connectivity index (χ4n) is 13.8. The molecule has 4 unspecified atom stereocenters. The van der Waals surface area contributed by atoms with Gasteiger partial charge in [-0.1, -0.05) is 65.0 Å². The van der Waals surface area contributed by atoms with Crippen LogP contribution in [0.3, 0.4) is 0 Å². The molecule has 5 aliphatic carbocycles. The lowest BCUT2D eigenvalue weighted by molar-refractivity contribution is -0.246. The average molecular weight is 741 g/mol. The number of benzene rings is 2. The number of halogens is 1. The maximum absolute atomic E-state index is 14.7. The lowest BCUT2D eigenvalue weighted by Gasteiger charge is -2.72. The second kappa shape index (κ2) is 13.6. The third-order valence-electron chi connectivity index (χ3n) is 16.9. The molecule has 2 amide bonds. The Kier molecular flexibility index (Phi) is 9.76. The van der Waals surface area contributed by atoms with E-state index >= 15 is 0 Å². The molecule has 0 heterocycles. The van der Waals surface area contributed by atoms with Gasteiger partial charge in [-0.25, -0.2) is 9.18 Å². The van der Waals surface area contributed by atoms with Gasteiger partial charge in [0.15, 0.2) is 0 Å². The topological polar surface area (TPSA) is 116 Å². The van der Waals surface area contributed by atoms with E-state index in [4.69, 9.17) is 5.11 Å². The minimum absolute atomic E-state index is 0.0468. The molecule has 0 spiro atoms. The highest BCUT2D eigenvalue weighted by Crippen LogP contribution is 2.77. The van der Waals surface area contributed by atoms with Crippen molar-refractivity contribution in [1.29, 1.82) is 0 Å². The number of aliphatic hydroxyl groups is 1. The quantitative estimate of drug-likeness (QED) is 0.202. The van der Waals surface area contributed by atoms with E-state index in [0.29, 0.717) is 41.3 Å². The molecule has 0 aliphatic heterocycles. The second-order valence-electron chi connectivity index (χ2n) is 19.4. The first kappa shape index (κ1) is 38.7. The van der Waals surface area contributed by atoms with E-state index in [-0.39, 0.29) is 52.0 Å². The summed E-state index contributed by atoms with van der Waals surface area (Å²) in [4.78, 5) is 38.9. The van der Waals surface area contributed by atoms with Gasteiger partial charge in [0.2, 0.25) is 5.91 Å². The fourth-order valence-corrected chi connectivity index (χ4v) is 13.8. The van der Waals surface area contributed by atoms with Crippen LogP contribution in [0.25, 0.3) is 0 Å². The highest BCUT2D eigenvalue weighted by molar-refractivity contribution is 5.94. The number of carboxylic acids is 1. The van der Waals surface area contributed by atoms with E-state index in [1.54, 1.807) is 18.2 Å². The molecular formula is C46H61FN2O5. The summed E-state index contributed by atoms with van der Waals surface area (Å²) in [6.07, 6.45) is 10.2. The molecule has 7 rings (SSSR count). The number of hydrogen-bond acceptors (Lipinski definition) is 4. The third kappa shape index (κ3) is 5.87. The lowest BCUT2D eigenvalue weighted by Crippen LogP contribution is -2.67. The van der Waals surface area contributed by atoms with Gasteiger partial charge in [-0.15, -0.1) is 0 Å². The number of carboxylic acid groups (broad SMARTS) is 1. The molecule has 2 aromatic carbocycles. The molecule has 8 heteroatoms. The summed E-state index contributed by atoms with van der Waals surface area (Å²) < 4.78 is 14.2. The number of carbonyl (C=O) groups is 3. The summed E-state index contributed by atoms with van der Waals surface area (Å²) in [5.74, 6) is -0.278. The first-order valence-electron chi connectivity index (χ1n) is 20.4. The number of aromatic carboxylic acids is 1. The van der Waals surface area contributed by atoms with Gasteiger partial charge in [0.25, 0.3) is 5.91 Å². The van der Waals surface area contributed by atoms with Crippen molar-refractivity contribution in [1.82, 2.24) is 10.6 Å². The standard InChI is InChI=1S/C46H61FN2O5/c1-27(2)31-15-20-46(41(54)49-26-28-9-8-10-30(23-28)39(51)48-25-29-11-12-32(40(52)53)34(47)24-29)22-21-44(6)33(38(31)46)13-14-36-43(5)18-17-37(50)42(3,4)35(43)16-19-45(36,44)7/h8-12,23-24,31,33,35-38,50H,1,13-22,25-26H2,2-7H3,(H,48,51)(H,49,54)(H,52,53)/t31-,33?,35?,36?,37-,38?,43-,44+,45+,46-/m0/s1. The molecule has 10 atom stereocenters. The first-order valence-corrected chi connectivity index (χ1v) is 20.4. The molecule has 5 saturated carbocycles. The molecule has 0 bridgehead atoms. The molecular weight excluding hydrogens is 680 g/mol. The molecule has 4 N–H and O–H groups in total. The maximum Gasteiger partial charge on any atom is 0.338 e. The van der Waals surface area contributed by atoms with Crippen LogP contribution in [0.1, 0.15) is 138 Å². The highest BCUT2D eigenvalue weighted by Gasteiger charge is 2.71. The van der Waals surface area contributed by atoms with Crippen LogP contribution in [0.2, 0.25) is 0 Å². The molecule has 0 aromatic heterocycles. The van der Waals surface area contributed by atoms with E-state index in [1.165, 1.54) is 30.5 Å². The predicted octanol–water partition coefficient (Wildman–Crippen LogP) is 9.09. The number of amides is 2. The Morgan fingerprint density at radius 1 is 0.815 bits per heavy atom. The summed E-state index contributed by atoms with van der Waals surface area (Å²) in [5, 5.41) is 26.4. The molecule has 5 fully saturated rings. The molecule has 292 valence electrons. The smallest absolute Gasteiger partial charge is 0.338 e. The normalized spacial score (nSPS) is 37.9. The summed E-state index contributed by atoms with van der Waals surface area (Å²) in [6.45, 7) is 19.4. The van der Waals surface area contributed by atoms with Crippen LogP contribution in [0.15, 0.2) is 54.6 Å². The van der Waals surface area contributed by atoms with Gasteiger partial charge in [-0.3, -0.25) is 9.59 Å². The number of aliphatic hydroxyl groups excluding tert-OH is 1. The number of hydrogen-bond donors (Lipinski definition) is 4. The van der Waals surface area contributed by atoms with Crippen LogP contribution >= 0.6 is 0 Å². The third-order valence-corrected chi connectivity index (χ3v) is 16.9. The number of carbonyl (C=O) groups excluding carboxylic acids is 2. The molecule has 5 aliphatic rings. The van der Waals surface area contributed by atoms with E-state index in [0.717, 1.165) is 63.0 Å². The Morgan fingerprint density at radius 2 is 1.54 bits per heavy atom. The summed E-state index contributed by atoms with van der Waals surface area (Å²) in [5.41, 5.74) is 2.46. The zero-order valence-electron chi connectivity index (χ0n) is 33.2. The first-order chi connectivity index (χ1) is 25.4. The maximum atomic E-state index is 14.7. The Hall–Kier alpha value is -3.52. The fraction of sp³-hybridized carbons (Fsp3) is 0.630. The van der Waals surface area contributed by atoms with Crippen molar-refractivity contribution in [3.63, 3.8) is 0 Å². The van der Waals surface area contributed by atoms with Crippen LogP contribution in [0, 0.1) is 62.5 Å². The van der Waals surface area contributed by atoms with Crippen LogP contribution in [-0.2, 0) is 17.9 Å². The van der Waals surface area contributed by atoms with Gasteiger partial charge in [0.05, 0.1) is 17.1 Å². The molecule has 7 nitrogen and oxygen atoms in total. The number of nitrogens with one attached hydrogen (secondary N) is 2. The van der Waals surface area contributed by atoms with Crippen molar-refractivity contribution in [2.45, 2.75) is 125 Å². The highest BCUT2D eigenvalue weighted by atomic mass is 19.1. The summed E-state index contributed by atoms with van der Waals surface area (Å²) in [6, 6.07) is 11.0. The molecule has 54 heavy (non-hydrogen) atoms. The van der Waals surface area contributed by atoms with E-state index in [2.05, 4.69) is 58.8 Å². The number of rotatable bonds is 8. The van der Waals surface area contributed by atoms with Gasteiger partial charge < -0.3 is 20.8 Å². The lowest BCUT2D eigenvalue weighted by atomic mass is 9.32. The average Bonchev–Trinajstić information content (AvgIpc) is 3.53. The van der Waals surface area contributed by atoms with E-state index < -0.39 is 22.8 Å². The summed E-state index contributed by atoms with van der Waals surface area (Å²) >= 11 is 0. The Balaban J connectivity index is 1.07.